The van der Waals surface area contributed by atoms with Gasteiger partial charge in [0.05, 0.1) is 4.90 Å². The van der Waals surface area contributed by atoms with Gasteiger partial charge in [0.2, 0.25) is 5.91 Å². The standard InChI is InChI=1S/C20H25N3O3S/c1-15-4-9-20(14-16(15)2)27(25,26)21-18-5-7-19(8-6-18)23-12-10-22(11-13-23)17(3)24/h4-9,14,21H,10-13H2,1-3H3. The fourth-order valence-electron chi connectivity index (χ4n) is 3.11. The predicted octanol–water partition coefficient (Wildman–Crippen LogP) is 2.77. The number of hydrogen-bond acceptors (Lipinski definition) is 4. The summed E-state index contributed by atoms with van der Waals surface area (Å²) in [4.78, 5) is 15.7. The lowest BCUT2D eigenvalue weighted by molar-refractivity contribution is -0.129. The highest BCUT2D eigenvalue weighted by Gasteiger charge is 2.19. The average molecular weight is 388 g/mol. The molecule has 0 bridgehead atoms. The molecule has 2 aromatic rings. The Kier molecular flexibility index (Phi) is 5.41. The second-order valence-electron chi connectivity index (χ2n) is 6.89. The summed E-state index contributed by atoms with van der Waals surface area (Å²) in [6.07, 6.45) is 0. The van der Waals surface area contributed by atoms with Gasteiger partial charge >= 0.3 is 0 Å². The summed E-state index contributed by atoms with van der Waals surface area (Å²) in [6.45, 7) is 8.39. The highest BCUT2D eigenvalue weighted by Crippen LogP contribution is 2.22. The Balaban J connectivity index is 1.68. The van der Waals surface area contributed by atoms with E-state index >= 15 is 0 Å². The van der Waals surface area contributed by atoms with Crippen molar-refractivity contribution in [2.24, 2.45) is 0 Å². The predicted molar refractivity (Wildman–Crippen MR) is 108 cm³/mol. The van der Waals surface area contributed by atoms with E-state index in [0.29, 0.717) is 18.8 Å². The van der Waals surface area contributed by atoms with Gasteiger partial charge in [-0.1, -0.05) is 6.07 Å². The first-order valence-electron chi connectivity index (χ1n) is 8.97. The van der Waals surface area contributed by atoms with Crippen LogP contribution in [-0.2, 0) is 14.8 Å². The molecule has 1 heterocycles. The molecule has 6 nitrogen and oxygen atoms in total. The van der Waals surface area contributed by atoms with Gasteiger partial charge in [-0.05, 0) is 61.4 Å². The number of benzene rings is 2. The molecule has 0 radical (unpaired) electrons. The minimum absolute atomic E-state index is 0.103. The number of carbonyl (C=O) groups excluding carboxylic acids is 1. The third-order valence-corrected chi connectivity index (χ3v) is 6.38. The smallest absolute Gasteiger partial charge is 0.261 e. The maximum absolute atomic E-state index is 12.6. The Labute approximate surface area is 160 Å². The van der Waals surface area contributed by atoms with Crippen LogP contribution in [0.15, 0.2) is 47.4 Å². The van der Waals surface area contributed by atoms with Crippen LogP contribution in [0.1, 0.15) is 18.1 Å². The molecule has 0 saturated carbocycles. The van der Waals surface area contributed by atoms with Crippen LogP contribution in [0.3, 0.4) is 0 Å². The number of nitrogens with one attached hydrogen (secondary N) is 1. The van der Waals surface area contributed by atoms with Gasteiger partial charge in [0.15, 0.2) is 0 Å². The molecule has 0 aromatic heterocycles. The number of piperazine rings is 1. The van der Waals surface area contributed by atoms with E-state index in [4.69, 9.17) is 0 Å². The van der Waals surface area contributed by atoms with Crippen molar-refractivity contribution in [3.63, 3.8) is 0 Å². The van der Waals surface area contributed by atoms with Gasteiger partial charge in [0.1, 0.15) is 0 Å². The maximum atomic E-state index is 12.6. The number of rotatable bonds is 4. The SMILES string of the molecule is CC(=O)N1CCN(c2ccc(NS(=O)(=O)c3ccc(C)c(C)c3)cc2)CC1. The van der Waals surface area contributed by atoms with Crippen LogP contribution in [0.5, 0.6) is 0 Å². The van der Waals surface area contributed by atoms with Gasteiger partial charge in [-0.25, -0.2) is 8.42 Å². The van der Waals surface area contributed by atoms with Crippen molar-refractivity contribution in [3.8, 4) is 0 Å². The fourth-order valence-corrected chi connectivity index (χ4v) is 4.26. The first kappa shape index (κ1) is 19.2. The van der Waals surface area contributed by atoms with E-state index in [0.717, 1.165) is 29.9 Å². The third kappa shape index (κ3) is 4.42. The highest BCUT2D eigenvalue weighted by atomic mass is 32.2. The summed E-state index contributed by atoms with van der Waals surface area (Å²) >= 11 is 0. The molecule has 1 aliphatic heterocycles. The fraction of sp³-hybridized carbons (Fsp3) is 0.350. The maximum Gasteiger partial charge on any atom is 0.261 e. The third-order valence-electron chi connectivity index (χ3n) is 5.00. The van der Waals surface area contributed by atoms with E-state index in [1.807, 2.05) is 36.9 Å². The quantitative estimate of drug-likeness (QED) is 0.876. The summed E-state index contributed by atoms with van der Waals surface area (Å²) in [5, 5.41) is 0. The van der Waals surface area contributed by atoms with E-state index in [-0.39, 0.29) is 10.8 Å². The lowest BCUT2D eigenvalue weighted by atomic mass is 10.1. The Bertz CT molecular complexity index is 931. The lowest BCUT2D eigenvalue weighted by Gasteiger charge is -2.35. The molecule has 1 aliphatic rings. The second kappa shape index (κ2) is 7.60. The number of hydrogen-bond donors (Lipinski definition) is 1. The lowest BCUT2D eigenvalue weighted by Crippen LogP contribution is -2.48. The first-order valence-corrected chi connectivity index (χ1v) is 10.5. The molecule has 7 heteroatoms. The van der Waals surface area contributed by atoms with E-state index in [9.17, 15) is 13.2 Å². The molecule has 1 fully saturated rings. The molecule has 0 aliphatic carbocycles. The monoisotopic (exact) mass is 387 g/mol. The molecule has 0 atom stereocenters. The Morgan fingerprint density at radius 3 is 2.11 bits per heavy atom. The van der Waals surface area contributed by atoms with E-state index in [1.54, 1.807) is 31.2 Å². The van der Waals surface area contributed by atoms with Gasteiger partial charge in [-0.15, -0.1) is 0 Å². The zero-order chi connectivity index (χ0) is 19.6. The minimum atomic E-state index is -3.61. The normalized spacial score (nSPS) is 14.9. The summed E-state index contributed by atoms with van der Waals surface area (Å²) in [6, 6.07) is 12.5. The number of nitrogens with zero attached hydrogens (tertiary/aromatic N) is 2. The number of amides is 1. The van der Waals surface area contributed by atoms with Crippen LogP contribution in [0, 0.1) is 13.8 Å². The number of aryl methyl sites for hydroxylation is 2. The zero-order valence-corrected chi connectivity index (χ0v) is 16.7. The number of carbonyl (C=O) groups is 1. The van der Waals surface area contributed by atoms with Crippen molar-refractivity contribution in [1.82, 2.24) is 4.90 Å². The second-order valence-corrected chi connectivity index (χ2v) is 8.57. The van der Waals surface area contributed by atoms with Crippen molar-refractivity contribution in [2.75, 3.05) is 35.8 Å². The van der Waals surface area contributed by atoms with E-state index < -0.39 is 10.0 Å². The molecule has 3 rings (SSSR count). The van der Waals surface area contributed by atoms with Crippen LogP contribution >= 0.6 is 0 Å². The first-order chi connectivity index (χ1) is 12.8. The van der Waals surface area contributed by atoms with Crippen LogP contribution < -0.4 is 9.62 Å². The van der Waals surface area contributed by atoms with Crippen LogP contribution in [-0.4, -0.2) is 45.4 Å². The Morgan fingerprint density at radius 1 is 0.926 bits per heavy atom. The van der Waals surface area contributed by atoms with Crippen LogP contribution in [0.4, 0.5) is 11.4 Å². The van der Waals surface area contributed by atoms with Crippen molar-refractivity contribution in [1.29, 1.82) is 0 Å². The van der Waals surface area contributed by atoms with Crippen LogP contribution in [0.2, 0.25) is 0 Å². The van der Waals surface area contributed by atoms with Crippen molar-refractivity contribution in [3.05, 3.63) is 53.6 Å². The van der Waals surface area contributed by atoms with Crippen molar-refractivity contribution in [2.45, 2.75) is 25.7 Å². The van der Waals surface area contributed by atoms with Gasteiger partial charge in [-0.3, -0.25) is 9.52 Å². The topological polar surface area (TPSA) is 69.7 Å². The van der Waals surface area contributed by atoms with Gasteiger partial charge < -0.3 is 9.80 Å². The van der Waals surface area contributed by atoms with Gasteiger partial charge in [-0.2, -0.15) is 0 Å². The Hall–Kier alpha value is -2.54. The number of sulfonamides is 1. The van der Waals surface area contributed by atoms with Crippen molar-refractivity contribution >= 4 is 27.3 Å². The summed E-state index contributed by atoms with van der Waals surface area (Å²) in [5.41, 5.74) is 3.55. The molecular weight excluding hydrogens is 362 g/mol. The summed E-state index contributed by atoms with van der Waals surface area (Å²) in [5.74, 6) is 0.103. The van der Waals surface area contributed by atoms with E-state index in [2.05, 4.69) is 9.62 Å². The zero-order valence-electron chi connectivity index (χ0n) is 15.9. The summed E-state index contributed by atoms with van der Waals surface area (Å²) < 4.78 is 27.8. The molecule has 2 aromatic carbocycles. The molecule has 0 spiro atoms. The van der Waals surface area contributed by atoms with Gasteiger partial charge in [0.25, 0.3) is 10.0 Å². The van der Waals surface area contributed by atoms with E-state index in [1.165, 1.54) is 0 Å². The number of anilines is 2. The van der Waals surface area contributed by atoms with Crippen molar-refractivity contribution < 1.29 is 13.2 Å². The average Bonchev–Trinajstić information content (AvgIpc) is 2.64. The Morgan fingerprint density at radius 2 is 1.56 bits per heavy atom. The summed E-state index contributed by atoms with van der Waals surface area (Å²) in [7, 11) is -3.61. The van der Waals surface area contributed by atoms with Gasteiger partial charge in [0, 0.05) is 44.5 Å². The molecule has 1 amide bonds. The van der Waals surface area contributed by atoms with Crippen LogP contribution in [0.25, 0.3) is 0 Å². The largest absolute Gasteiger partial charge is 0.368 e. The minimum Gasteiger partial charge on any atom is -0.368 e. The highest BCUT2D eigenvalue weighted by molar-refractivity contribution is 7.92. The molecule has 0 unspecified atom stereocenters. The molecule has 1 saturated heterocycles. The molecular formula is C20H25N3O3S. The molecule has 27 heavy (non-hydrogen) atoms. The molecule has 144 valence electrons. The molecule has 1 N–H and O–H groups in total.